The van der Waals surface area contributed by atoms with E-state index in [1.807, 2.05) is 25.1 Å². The summed E-state index contributed by atoms with van der Waals surface area (Å²) in [4.78, 5) is 15.8. The molecule has 0 amide bonds. The topological polar surface area (TPSA) is 64.4 Å². The van der Waals surface area contributed by atoms with Crippen LogP contribution in [0.25, 0.3) is 0 Å². The monoisotopic (exact) mass is 260 g/mol. The number of ether oxygens (including phenoxy) is 1. The highest BCUT2D eigenvalue weighted by Gasteiger charge is 2.15. The summed E-state index contributed by atoms with van der Waals surface area (Å²) in [6.07, 6.45) is 1.48. The lowest BCUT2D eigenvalue weighted by Crippen LogP contribution is -2.15. The Morgan fingerprint density at radius 3 is 2.95 bits per heavy atom. The van der Waals surface area contributed by atoms with Gasteiger partial charge in [-0.3, -0.25) is 4.98 Å². The summed E-state index contributed by atoms with van der Waals surface area (Å²) in [7, 11) is 1.33. The molecule has 5 heteroatoms. The SMILES string of the molecule is COC(=O)c1occc1CNCc1cccc(C)n1. The number of nitrogens with zero attached hydrogens (tertiary/aromatic N) is 1. The minimum absolute atomic E-state index is 0.243. The second-order valence-electron chi connectivity index (χ2n) is 4.14. The Balaban J connectivity index is 1.93. The molecule has 0 aliphatic heterocycles. The van der Waals surface area contributed by atoms with Gasteiger partial charge in [0.1, 0.15) is 0 Å². The van der Waals surface area contributed by atoms with Crippen LogP contribution in [0.3, 0.4) is 0 Å². The van der Waals surface area contributed by atoms with Crippen LogP contribution >= 0.6 is 0 Å². The van der Waals surface area contributed by atoms with Gasteiger partial charge in [-0.15, -0.1) is 0 Å². The number of aromatic nitrogens is 1. The summed E-state index contributed by atoms with van der Waals surface area (Å²) in [6, 6.07) is 7.63. The van der Waals surface area contributed by atoms with E-state index in [1.54, 1.807) is 6.07 Å². The molecular weight excluding hydrogens is 244 g/mol. The van der Waals surface area contributed by atoms with E-state index >= 15 is 0 Å². The van der Waals surface area contributed by atoms with Crippen molar-refractivity contribution in [2.75, 3.05) is 7.11 Å². The first-order valence-corrected chi connectivity index (χ1v) is 5.98. The summed E-state index contributed by atoms with van der Waals surface area (Å²) in [5.41, 5.74) is 2.72. The predicted molar refractivity (Wildman–Crippen MR) is 69.6 cm³/mol. The lowest BCUT2D eigenvalue weighted by atomic mass is 10.2. The largest absolute Gasteiger partial charge is 0.463 e. The first kappa shape index (κ1) is 13.3. The lowest BCUT2D eigenvalue weighted by Gasteiger charge is -2.05. The molecular formula is C14H16N2O3. The van der Waals surface area contributed by atoms with Crippen molar-refractivity contribution in [1.82, 2.24) is 10.3 Å². The predicted octanol–water partition coefficient (Wildman–Crippen LogP) is 2.06. The molecule has 19 heavy (non-hydrogen) atoms. The number of hydrogen-bond donors (Lipinski definition) is 1. The zero-order chi connectivity index (χ0) is 13.7. The Morgan fingerprint density at radius 1 is 1.37 bits per heavy atom. The minimum Gasteiger partial charge on any atom is -0.463 e. The number of nitrogens with one attached hydrogen (secondary N) is 1. The molecule has 0 saturated heterocycles. The first-order chi connectivity index (χ1) is 9.20. The molecule has 0 aromatic carbocycles. The zero-order valence-corrected chi connectivity index (χ0v) is 11.0. The molecule has 100 valence electrons. The van der Waals surface area contributed by atoms with Crippen molar-refractivity contribution in [2.24, 2.45) is 0 Å². The van der Waals surface area contributed by atoms with Gasteiger partial charge in [0.05, 0.1) is 19.1 Å². The van der Waals surface area contributed by atoms with Crippen LogP contribution in [0.5, 0.6) is 0 Å². The molecule has 2 aromatic rings. The fourth-order valence-corrected chi connectivity index (χ4v) is 1.77. The number of pyridine rings is 1. The number of carbonyl (C=O) groups is 1. The van der Waals surface area contributed by atoms with Gasteiger partial charge < -0.3 is 14.5 Å². The lowest BCUT2D eigenvalue weighted by molar-refractivity contribution is 0.0563. The normalized spacial score (nSPS) is 10.4. The third kappa shape index (κ3) is 3.42. The van der Waals surface area contributed by atoms with Gasteiger partial charge in [-0.1, -0.05) is 6.07 Å². The molecule has 0 saturated carbocycles. The van der Waals surface area contributed by atoms with Crippen LogP contribution in [0.15, 0.2) is 34.9 Å². The quantitative estimate of drug-likeness (QED) is 0.834. The average molecular weight is 260 g/mol. The fraction of sp³-hybridized carbons (Fsp3) is 0.286. The van der Waals surface area contributed by atoms with Crippen LogP contribution in [-0.4, -0.2) is 18.1 Å². The van der Waals surface area contributed by atoms with Crippen LogP contribution in [0.2, 0.25) is 0 Å². The molecule has 0 atom stereocenters. The smallest absolute Gasteiger partial charge is 0.374 e. The molecule has 2 aromatic heterocycles. The zero-order valence-electron chi connectivity index (χ0n) is 11.0. The Kier molecular flexibility index (Phi) is 4.30. The van der Waals surface area contributed by atoms with Crippen molar-refractivity contribution in [3.8, 4) is 0 Å². The molecule has 2 heterocycles. The maximum atomic E-state index is 11.4. The van der Waals surface area contributed by atoms with Crippen LogP contribution < -0.4 is 5.32 Å². The number of furan rings is 1. The highest BCUT2D eigenvalue weighted by molar-refractivity contribution is 5.87. The average Bonchev–Trinajstić information content (AvgIpc) is 2.86. The molecule has 0 aliphatic carbocycles. The number of carbonyl (C=O) groups excluding carboxylic acids is 1. The molecule has 0 spiro atoms. The number of rotatable bonds is 5. The highest BCUT2D eigenvalue weighted by atomic mass is 16.5. The van der Waals surface area contributed by atoms with E-state index in [2.05, 4.69) is 15.0 Å². The molecule has 0 unspecified atom stereocenters. The van der Waals surface area contributed by atoms with Crippen molar-refractivity contribution >= 4 is 5.97 Å². The van der Waals surface area contributed by atoms with Gasteiger partial charge in [0.25, 0.3) is 0 Å². The molecule has 2 rings (SSSR count). The van der Waals surface area contributed by atoms with Crippen molar-refractivity contribution in [1.29, 1.82) is 0 Å². The Bertz CT molecular complexity index is 563. The van der Waals surface area contributed by atoms with E-state index in [9.17, 15) is 4.79 Å². The van der Waals surface area contributed by atoms with Gasteiger partial charge in [-0.25, -0.2) is 4.79 Å². The maximum absolute atomic E-state index is 11.4. The van der Waals surface area contributed by atoms with E-state index in [0.29, 0.717) is 13.1 Å². The van der Waals surface area contributed by atoms with Gasteiger partial charge in [-0.05, 0) is 25.1 Å². The Hall–Kier alpha value is -2.14. The van der Waals surface area contributed by atoms with E-state index in [4.69, 9.17) is 4.42 Å². The van der Waals surface area contributed by atoms with E-state index in [0.717, 1.165) is 17.0 Å². The molecule has 0 bridgehead atoms. The molecule has 0 fully saturated rings. The third-order valence-electron chi connectivity index (χ3n) is 2.69. The van der Waals surface area contributed by atoms with Crippen molar-refractivity contribution in [2.45, 2.75) is 20.0 Å². The highest BCUT2D eigenvalue weighted by Crippen LogP contribution is 2.11. The van der Waals surface area contributed by atoms with Gasteiger partial charge in [0.15, 0.2) is 0 Å². The minimum atomic E-state index is -0.463. The van der Waals surface area contributed by atoms with Gasteiger partial charge >= 0.3 is 5.97 Å². The summed E-state index contributed by atoms with van der Waals surface area (Å²) < 4.78 is 9.75. The maximum Gasteiger partial charge on any atom is 0.374 e. The van der Waals surface area contributed by atoms with E-state index in [1.165, 1.54) is 13.4 Å². The number of aryl methyl sites for hydroxylation is 1. The third-order valence-corrected chi connectivity index (χ3v) is 2.69. The molecule has 0 radical (unpaired) electrons. The fourth-order valence-electron chi connectivity index (χ4n) is 1.77. The van der Waals surface area contributed by atoms with E-state index in [-0.39, 0.29) is 5.76 Å². The van der Waals surface area contributed by atoms with Crippen LogP contribution in [-0.2, 0) is 17.8 Å². The summed E-state index contributed by atoms with van der Waals surface area (Å²) in [6.45, 7) is 3.11. The Labute approximate surface area is 111 Å². The first-order valence-electron chi connectivity index (χ1n) is 5.98. The van der Waals surface area contributed by atoms with Crippen LogP contribution in [0, 0.1) is 6.92 Å². The van der Waals surface area contributed by atoms with Gasteiger partial charge in [0, 0.05) is 24.3 Å². The number of hydrogen-bond acceptors (Lipinski definition) is 5. The number of esters is 1. The number of methoxy groups -OCH3 is 1. The van der Waals surface area contributed by atoms with Crippen molar-refractivity contribution in [3.05, 3.63) is 53.2 Å². The van der Waals surface area contributed by atoms with Gasteiger partial charge in [-0.2, -0.15) is 0 Å². The molecule has 5 nitrogen and oxygen atoms in total. The summed E-state index contributed by atoms with van der Waals surface area (Å²) in [5.74, 6) is -0.220. The summed E-state index contributed by atoms with van der Waals surface area (Å²) >= 11 is 0. The summed E-state index contributed by atoms with van der Waals surface area (Å²) in [5, 5.41) is 3.22. The second-order valence-corrected chi connectivity index (χ2v) is 4.14. The molecule has 1 N–H and O–H groups in total. The van der Waals surface area contributed by atoms with Gasteiger partial charge in [0.2, 0.25) is 5.76 Å². The van der Waals surface area contributed by atoms with E-state index < -0.39 is 5.97 Å². The van der Waals surface area contributed by atoms with Crippen molar-refractivity contribution in [3.63, 3.8) is 0 Å². The standard InChI is InChI=1S/C14H16N2O3/c1-10-4-3-5-12(16-10)9-15-8-11-6-7-19-13(11)14(17)18-2/h3-7,15H,8-9H2,1-2H3. The Morgan fingerprint density at radius 2 is 2.21 bits per heavy atom. The molecule has 0 aliphatic rings. The van der Waals surface area contributed by atoms with Crippen molar-refractivity contribution < 1.29 is 13.9 Å². The van der Waals surface area contributed by atoms with Crippen LogP contribution in [0.4, 0.5) is 0 Å². The second kappa shape index (κ2) is 6.15. The van der Waals surface area contributed by atoms with Crippen LogP contribution in [0.1, 0.15) is 27.5 Å².